The van der Waals surface area contributed by atoms with Crippen LogP contribution in [0.25, 0.3) is 0 Å². The first-order valence-corrected chi connectivity index (χ1v) is 4.67. The summed E-state index contributed by atoms with van der Waals surface area (Å²) in [4.78, 5) is 0. The monoisotopic (exact) mass is 240 g/mol. The molecule has 0 N–H and O–H groups in total. The molecule has 1 aromatic rings. The molecule has 0 saturated carbocycles. The minimum atomic E-state index is 0. The molecule has 0 aliphatic heterocycles. The zero-order chi connectivity index (χ0) is 7.68. The maximum Gasteiger partial charge on any atom is 4.00 e. The van der Waals surface area contributed by atoms with Crippen molar-refractivity contribution >= 4 is 0 Å². The molecule has 0 radical (unpaired) electrons. The van der Waals surface area contributed by atoms with Crippen molar-refractivity contribution in [3.63, 3.8) is 0 Å². The molecule has 0 unspecified atom stereocenters. The predicted octanol–water partition coefficient (Wildman–Crippen LogP) is 4.20. The van der Waals surface area contributed by atoms with E-state index in [0.29, 0.717) is 0 Å². The normalized spacial score (nSPS) is 12.1. The largest absolute Gasteiger partial charge is 4.00 e. The zero-order valence-electron chi connectivity index (χ0n) is 10.7. The van der Waals surface area contributed by atoms with E-state index >= 15 is 0 Å². The van der Waals surface area contributed by atoms with Crippen molar-refractivity contribution in [3.05, 3.63) is 51.1 Å². The van der Waals surface area contributed by atoms with Gasteiger partial charge in [0.2, 0.25) is 0 Å². The van der Waals surface area contributed by atoms with Gasteiger partial charge in [0, 0.05) is 0 Å². The van der Waals surface area contributed by atoms with Gasteiger partial charge in [0.1, 0.15) is 0 Å². The molecule has 15 heavy (non-hydrogen) atoms. The first-order chi connectivity index (χ1) is 5.40. The van der Waals surface area contributed by atoms with E-state index in [0.717, 1.165) is 0 Å². The van der Waals surface area contributed by atoms with Gasteiger partial charge in [-0.25, -0.2) is 6.07 Å². The van der Waals surface area contributed by atoms with Crippen molar-refractivity contribution in [3.8, 4) is 0 Å². The molecule has 0 atom stereocenters. The summed E-state index contributed by atoms with van der Waals surface area (Å²) in [5, 5.41) is 0. The smallest absolute Gasteiger partial charge is 0.358 e. The molecule has 0 bridgehead atoms. The fraction of sp³-hybridized carbons (Fsp3) is 0.429. The van der Waals surface area contributed by atoms with Gasteiger partial charge < -0.3 is 22.3 Å². The molecule has 0 aromatic heterocycles. The summed E-state index contributed by atoms with van der Waals surface area (Å²) in [5.74, 6) is 0. The molecule has 0 amide bonds. The standard InChI is InChI=1S/C11H15.3CH3.Ti/c1-2-9-7-10-5-3-4-6-11(10)8-9;;;;/h7-8H,2-6H2,1H3;3*1H3;/q4*-1;+4. The minimum Gasteiger partial charge on any atom is -0.358 e. The van der Waals surface area contributed by atoms with Gasteiger partial charge in [-0.3, -0.25) is 0 Å². The Morgan fingerprint density at radius 2 is 1.73 bits per heavy atom. The molecule has 0 nitrogen and oxygen atoms in total. The van der Waals surface area contributed by atoms with Crippen LogP contribution in [0.2, 0.25) is 0 Å². The third-order valence-corrected chi connectivity index (χ3v) is 2.68. The molecule has 0 heterocycles. The molecule has 0 spiro atoms. The Kier molecular flexibility index (Phi) is 12.7. The van der Waals surface area contributed by atoms with E-state index in [1.54, 1.807) is 11.1 Å². The Balaban J connectivity index is -0.000000360. The predicted molar refractivity (Wildman–Crippen MR) is 67.3 cm³/mol. The summed E-state index contributed by atoms with van der Waals surface area (Å²) in [5.41, 5.74) is 4.80. The summed E-state index contributed by atoms with van der Waals surface area (Å²) >= 11 is 0. The Morgan fingerprint density at radius 3 is 2.27 bits per heavy atom. The number of aryl methyl sites for hydroxylation is 3. The van der Waals surface area contributed by atoms with Gasteiger partial charge in [-0.05, 0) is 0 Å². The minimum absolute atomic E-state index is 0. The van der Waals surface area contributed by atoms with Gasteiger partial charge in [-0.2, -0.15) is 22.8 Å². The first-order valence-electron chi connectivity index (χ1n) is 4.67. The second kappa shape index (κ2) is 9.30. The van der Waals surface area contributed by atoms with Crippen LogP contribution in [0.3, 0.4) is 0 Å². The van der Waals surface area contributed by atoms with E-state index in [-0.39, 0.29) is 44.0 Å². The molecule has 0 fully saturated rings. The summed E-state index contributed by atoms with van der Waals surface area (Å²) in [7, 11) is 0. The third-order valence-electron chi connectivity index (χ3n) is 2.68. The molecule has 0 saturated heterocycles. The Hall–Kier alpha value is 0.0643. The van der Waals surface area contributed by atoms with E-state index in [2.05, 4.69) is 19.1 Å². The van der Waals surface area contributed by atoms with Crippen LogP contribution >= 0.6 is 0 Å². The van der Waals surface area contributed by atoms with Crippen LogP contribution in [0.5, 0.6) is 0 Å². The molecule has 1 heteroatoms. The number of hydrogen-bond donors (Lipinski definition) is 0. The molecule has 1 aliphatic rings. The van der Waals surface area contributed by atoms with Crippen molar-refractivity contribution in [2.45, 2.75) is 39.0 Å². The zero-order valence-corrected chi connectivity index (χ0v) is 12.3. The molecule has 1 aromatic carbocycles. The molecular weight excluding hydrogens is 216 g/mol. The number of rotatable bonds is 1. The second-order valence-electron chi connectivity index (χ2n) is 3.47. The Labute approximate surface area is 112 Å². The van der Waals surface area contributed by atoms with Crippen LogP contribution < -0.4 is 0 Å². The number of hydrogen-bond acceptors (Lipinski definition) is 0. The first kappa shape index (κ1) is 20.5. The third kappa shape index (κ3) is 4.61. The SMILES string of the molecule is CCc1cc2c([cH-]1)CCCC2.[CH3-].[CH3-].[CH3-].[Ti+4]. The topological polar surface area (TPSA) is 0 Å². The van der Waals surface area contributed by atoms with Gasteiger partial charge in [0.25, 0.3) is 0 Å². The van der Waals surface area contributed by atoms with Gasteiger partial charge in [0.15, 0.2) is 0 Å². The van der Waals surface area contributed by atoms with Crippen LogP contribution in [0, 0.1) is 22.3 Å². The summed E-state index contributed by atoms with van der Waals surface area (Å²) in [6.45, 7) is 2.24. The van der Waals surface area contributed by atoms with Crippen molar-refractivity contribution in [1.82, 2.24) is 0 Å². The summed E-state index contributed by atoms with van der Waals surface area (Å²) in [6.07, 6.45) is 6.66. The van der Waals surface area contributed by atoms with Gasteiger partial charge in [-0.1, -0.05) is 39.0 Å². The van der Waals surface area contributed by atoms with Crippen LogP contribution in [0.4, 0.5) is 0 Å². The van der Waals surface area contributed by atoms with Crippen molar-refractivity contribution in [1.29, 1.82) is 0 Å². The Morgan fingerprint density at radius 1 is 1.13 bits per heavy atom. The quantitative estimate of drug-likeness (QED) is 0.510. The van der Waals surface area contributed by atoms with E-state index in [9.17, 15) is 0 Å². The van der Waals surface area contributed by atoms with Crippen LogP contribution in [0.1, 0.15) is 36.5 Å². The van der Waals surface area contributed by atoms with Crippen molar-refractivity contribution in [2.24, 2.45) is 0 Å². The average Bonchev–Trinajstić information content (AvgIpc) is 2.46. The average molecular weight is 240 g/mol. The van der Waals surface area contributed by atoms with E-state index in [1.807, 2.05) is 0 Å². The van der Waals surface area contributed by atoms with Crippen LogP contribution in [-0.4, -0.2) is 0 Å². The maximum atomic E-state index is 2.40. The fourth-order valence-electron chi connectivity index (χ4n) is 1.98. The summed E-state index contributed by atoms with van der Waals surface area (Å²) in [6, 6.07) is 4.79. The Bertz CT molecular complexity index is 224. The van der Waals surface area contributed by atoms with Gasteiger partial charge in [-0.15, -0.1) is 0 Å². The van der Waals surface area contributed by atoms with E-state index in [1.165, 1.54) is 37.7 Å². The van der Waals surface area contributed by atoms with Crippen molar-refractivity contribution < 1.29 is 21.7 Å². The second-order valence-corrected chi connectivity index (χ2v) is 3.47. The molecule has 84 valence electrons. The van der Waals surface area contributed by atoms with E-state index < -0.39 is 0 Å². The molecule has 1 aliphatic carbocycles. The van der Waals surface area contributed by atoms with Crippen molar-refractivity contribution in [2.75, 3.05) is 0 Å². The summed E-state index contributed by atoms with van der Waals surface area (Å²) < 4.78 is 0. The maximum absolute atomic E-state index is 2.40. The molecule has 2 rings (SSSR count). The fourth-order valence-corrected chi connectivity index (χ4v) is 1.98. The number of fused-ring (bicyclic) bond motifs is 1. The van der Waals surface area contributed by atoms with Gasteiger partial charge >= 0.3 is 21.7 Å². The van der Waals surface area contributed by atoms with Gasteiger partial charge in [0.05, 0.1) is 0 Å². The molecular formula is C14H24Ti. The van der Waals surface area contributed by atoms with Crippen LogP contribution in [0.15, 0.2) is 12.1 Å². The van der Waals surface area contributed by atoms with Crippen LogP contribution in [-0.2, 0) is 41.0 Å². The van der Waals surface area contributed by atoms with E-state index in [4.69, 9.17) is 0 Å².